The molecule has 0 saturated heterocycles. The van der Waals surface area contributed by atoms with E-state index in [0.29, 0.717) is 24.1 Å². The third kappa shape index (κ3) is 53.7. The zero-order valence-corrected chi connectivity index (χ0v) is 44.2. The number of likely N-dealkylation sites (N-methyl/N-ethyl adjacent to an activating group) is 1. The second-order valence-corrected chi connectivity index (χ2v) is 19.6. The van der Waals surface area contributed by atoms with E-state index in [1.54, 1.807) is 0 Å². The van der Waals surface area contributed by atoms with Crippen LogP contribution in [-0.4, -0.2) is 75.6 Å². The molecule has 0 heterocycles. The summed E-state index contributed by atoms with van der Waals surface area (Å²) in [6, 6.07) is 0. The SMILES string of the molecule is CC/C=C\C/C=C\C/C=C\C/C=C\C/C=C\C/C=C\CCCOCC(COP(=O)(O)OCC[N+](C)(C)C)OC(=O)CCCCCCCCCCCCCC/C=C\C/C=C\C/C=C\C/C=C\CC. The number of phosphoric ester groups is 1. The van der Waals surface area contributed by atoms with Crippen LogP contribution in [0.1, 0.15) is 181 Å². The number of rotatable bonds is 47. The fourth-order valence-electron chi connectivity index (χ4n) is 6.56. The number of carbonyl (C=O) groups is 1. The highest BCUT2D eigenvalue weighted by Crippen LogP contribution is 2.43. The molecule has 0 radical (unpaired) electrons. The Bertz CT molecular complexity index is 1480. The minimum atomic E-state index is -4.31. The van der Waals surface area contributed by atoms with Gasteiger partial charge < -0.3 is 18.9 Å². The van der Waals surface area contributed by atoms with Crippen molar-refractivity contribution in [2.24, 2.45) is 0 Å². The van der Waals surface area contributed by atoms with E-state index in [0.717, 1.165) is 96.3 Å². The van der Waals surface area contributed by atoms with Gasteiger partial charge in [-0.15, -0.1) is 0 Å². The summed E-state index contributed by atoms with van der Waals surface area (Å²) in [5.74, 6) is -0.340. The first kappa shape index (κ1) is 63.9. The molecular formula is C58H99NO7P+. The molecule has 0 spiro atoms. The Morgan fingerprint density at radius 1 is 0.463 bits per heavy atom. The number of phosphoric acid groups is 1. The van der Waals surface area contributed by atoms with Gasteiger partial charge in [0.25, 0.3) is 0 Å². The molecule has 0 aromatic heterocycles. The molecule has 0 bridgehead atoms. The Kier molecular flexibility index (Phi) is 47.0. The van der Waals surface area contributed by atoms with E-state index >= 15 is 0 Å². The third-order valence-electron chi connectivity index (χ3n) is 10.5. The van der Waals surface area contributed by atoms with E-state index < -0.39 is 13.9 Å². The highest BCUT2D eigenvalue weighted by atomic mass is 31.2. The van der Waals surface area contributed by atoms with E-state index in [1.165, 1.54) is 64.2 Å². The molecule has 67 heavy (non-hydrogen) atoms. The van der Waals surface area contributed by atoms with Gasteiger partial charge in [-0.05, 0) is 96.3 Å². The summed E-state index contributed by atoms with van der Waals surface area (Å²) in [7, 11) is 1.61. The van der Waals surface area contributed by atoms with Gasteiger partial charge in [0.1, 0.15) is 19.3 Å². The maximum atomic E-state index is 12.8. The van der Waals surface area contributed by atoms with Crippen molar-refractivity contribution in [3.05, 3.63) is 122 Å². The number of unbranched alkanes of at least 4 members (excludes halogenated alkanes) is 13. The van der Waals surface area contributed by atoms with Crippen molar-refractivity contribution in [1.82, 2.24) is 0 Å². The van der Waals surface area contributed by atoms with Gasteiger partial charge in [0, 0.05) is 13.0 Å². The predicted molar refractivity (Wildman–Crippen MR) is 288 cm³/mol. The van der Waals surface area contributed by atoms with Crippen LogP contribution in [0.5, 0.6) is 0 Å². The lowest BCUT2D eigenvalue weighted by Gasteiger charge is -2.24. The number of quaternary nitrogens is 1. The first-order chi connectivity index (χ1) is 32.6. The van der Waals surface area contributed by atoms with Crippen LogP contribution in [0.25, 0.3) is 0 Å². The minimum Gasteiger partial charge on any atom is -0.457 e. The van der Waals surface area contributed by atoms with Crippen LogP contribution in [0.15, 0.2) is 122 Å². The van der Waals surface area contributed by atoms with E-state index in [1.807, 2.05) is 21.1 Å². The van der Waals surface area contributed by atoms with Crippen molar-refractivity contribution < 1.29 is 37.3 Å². The van der Waals surface area contributed by atoms with Crippen LogP contribution in [0, 0.1) is 0 Å². The Morgan fingerprint density at radius 3 is 1.22 bits per heavy atom. The predicted octanol–water partition coefficient (Wildman–Crippen LogP) is 16.5. The summed E-state index contributed by atoms with van der Waals surface area (Å²) < 4.78 is 35.1. The van der Waals surface area contributed by atoms with Crippen LogP contribution < -0.4 is 0 Å². The second-order valence-electron chi connectivity index (χ2n) is 18.1. The Hall–Kier alpha value is -3.10. The molecule has 0 fully saturated rings. The van der Waals surface area contributed by atoms with Gasteiger partial charge in [0.2, 0.25) is 0 Å². The highest BCUT2D eigenvalue weighted by molar-refractivity contribution is 7.47. The smallest absolute Gasteiger partial charge is 0.457 e. The van der Waals surface area contributed by atoms with Crippen molar-refractivity contribution in [2.45, 2.75) is 187 Å². The lowest BCUT2D eigenvalue weighted by atomic mass is 10.0. The number of hydrogen-bond acceptors (Lipinski definition) is 6. The van der Waals surface area contributed by atoms with E-state index in [9.17, 15) is 14.3 Å². The maximum Gasteiger partial charge on any atom is 0.472 e. The molecule has 0 saturated carbocycles. The molecule has 0 aromatic carbocycles. The fraction of sp³-hybridized carbons (Fsp3) is 0.638. The van der Waals surface area contributed by atoms with Crippen LogP contribution in [0.3, 0.4) is 0 Å². The van der Waals surface area contributed by atoms with Crippen molar-refractivity contribution >= 4 is 13.8 Å². The minimum absolute atomic E-state index is 0.0705. The number of carbonyl (C=O) groups excluding carboxylic acids is 1. The summed E-state index contributed by atoms with van der Waals surface area (Å²) in [4.78, 5) is 23.0. The second kappa shape index (κ2) is 49.3. The molecule has 0 rings (SSSR count). The molecule has 0 amide bonds. The normalized spacial score (nSPS) is 14.5. The molecule has 2 unspecified atom stereocenters. The number of esters is 1. The first-order valence-electron chi connectivity index (χ1n) is 26.3. The van der Waals surface area contributed by atoms with Crippen LogP contribution >= 0.6 is 7.82 Å². The number of hydrogen-bond donors (Lipinski definition) is 1. The van der Waals surface area contributed by atoms with Gasteiger partial charge in [-0.3, -0.25) is 13.8 Å². The summed E-state index contributed by atoms with van der Waals surface area (Å²) in [6.07, 6.45) is 71.2. The Labute approximate surface area is 412 Å². The van der Waals surface area contributed by atoms with Gasteiger partial charge >= 0.3 is 13.8 Å². The number of ether oxygens (including phenoxy) is 2. The van der Waals surface area contributed by atoms with E-state index in [2.05, 4.69) is 135 Å². The zero-order valence-electron chi connectivity index (χ0n) is 43.3. The maximum absolute atomic E-state index is 12.8. The molecule has 9 heteroatoms. The summed E-state index contributed by atoms with van der Waals surface area (Å²) in [5, 5.41) is 0. The Balaban J connectivity index is 4.24. The largest absolute Gasteiger partial charge is 0.472 e. The number of nitrogens with zero attached hydrogens (tertiary/aromatic N) is 1. The lowest BCUT2D eigenvalue weighted by molar-refractivity contribution is -0.870. The van der Waals surface area contributed by atoms with E-state index in [4.69, 9.17) is 18.5 Å². The molecule has 0 aromatic rings. The molecular weight excluding hydrogens is 854 g/mol. The topological polar surface area (TPSA) is 91.3 Å². The van der Waals surface area contributed by atoms with Crippen LogP contribution in [0.2, 0.25) is 0 Å². The molecule has 382 valence electrons. The van der Waals surface area contributed by atoms with Crippen molar-refractivity contribution in [1.29, 1.82) is 0 Å². The standard InChI is InChI=1S/C58H98NO7P/c1-6-8-10-12-14-16-18-20-22-24-26-28-29-30-31-32-33-35-37-39-41-43-45-47-49-51-58(60)66-57(56-65-67(61,62)64-54-52-59(3,4)5)55-63-53-50-48-46-44-42-40-38-36-34-27-25-23-21-19-17-15-13-11-9-7-2/h8-11,14-17,20-23,26-28,34,38,40,44,46,57H,6-7,12-13,18-19,24-25,29-33,35-37,39,41-43,45,47-56H2,1-5H3/p+1/b10-8-,11-9-,16-14-,17-15-,22-20-,23-21-,28-26-,34-27-,40-38-,46-44-. The molecule has 0 aliphatic heterocycles. The average molecular weight is 953 g/mol. The van der Waals surface area contributed by atoms with Gasteiger partial charge in [0.05, 0.1) is 34.4 Å². The molecule has 1 N–H and O–H groups in total. The lowest BCUT2D eigenvalue weighted by Crippen LogP contribution is -2.37. The fourth-order valence-corrected chi connectivity index (χ4v) is 7.30. The van der Waals surface area contributed by atoms with Crippen LogP contribution in [-0.2, 0) is 27.9 Å². The zero-order chi connectivity index (χ0) is 49.0. The van der Waals surface area contributed by atoms with Crippen molar-refractivity contribution in [3.8, 4) is 0 Å². The van der Waals surface area contributed by atoms with Gasteiger partial charge in [-0.1, -0.05) is 200 Å². The average Bonchev–Trinajstić information content (AvgIpc) is 3.29. The van der Waals surface area contributed by atoms with Crippen molar-refractivity contribution in [2.75, 3.05) is 54.1 Å². The summed E-state index contributed by atoms with van der Waals surface area (Å²) in [5.41, 5.74) is 0. The quantitative estimate of drug-likeness (QED) is 0.0214. The van der Waals surface area contributed by atoms with E-state index in [-0.39, 0.29) is 25.8 Å². The third-order valence-corrected chi connectivity index (χ3v) is 11.5. The van der Waals surface area contributed by atoms with Crippen LogP contribution in [0.4, 0.5) is 0 Å². The summed E-state index contributed by atoms with van der Waals surface area (Å²) >= 11 is 0. The number of allylic oxidation sites excluding steroid dienone is 20. The van der Waals surface area contributed by atoms with Crippen molar-refractivity contribution in [3.63, 3.8) is 0 Å². The summed E-state index contributed by atoms with van der Waals surface area (Å²) in [6.45, 7) is 5.21. The molecule has 8 nitrogen and oxygen atoms in total. The molecule has 0 aliphatic rings. The highest BCUT2D eigenvalue weighted by Gasteiger charge is 2.26. The van der Waals surface area contributed by atoms with Gasteiger partial charge in [-0.2, -0.15) is 0 Å². The first-order valence-corrected chi connectivity index (χ1v) is 27.8. The molecule has 2 atom stereocenters. The van der Waals surface area contributed by atoms with Gasteiger partial charge in [0.15, 0.2) is 0 Å². The molecule has 0 aliphatic carbocycles. The van der Waals surface area contributed by atoms with Gasteiger partial charge in [-0.25, -0.2) is 4.57 Å². The Morgan fingerprint density at radius 2 is 0.821 bits per heavy atom. The monoisotopic (exact) mass is 953 g/mol.